The van der Waals surface area contributed by atoms with E-state index < -0.39 is 24.8 Å². The standard InChI is InChI=1S/C36H44O10/c1-4-10-27(11-5-1)24-39-18-16-37-20-22-41-30-33-31(42-23-21-38-17-19-40-25-28-12-6-2-7-13-28)35-32(34(30)45-36(44-33)46-35)43-26-29-14-8-3-9-15-29/h1-15,30-36H,16-26H2/t30-,31-,32?,33?,34-,35+,36?/m0/s1. The number of rotatable bonds is 21. The first-order chi connectivity index (χ1) is 22.8. The Kier molecular flexibility index (Phi) is 13.0. The molecule has 1 aliphatic carbocycles. The zero-order valence-electron chi connectivity index (χ0n) is 26.1. The first-order valence-electron chi connectivity index (χ1n) is 16.1. The topological polar surface area (TPSA) is 92.3 Å². The minimum Gasteiger partial charge on any atom is -0.377 e. The van der Waals surface area contributed by atoms with E-state index in [-0.39, 0.29) is 18.3 Å². The highest BCUT2D eigenvalue weighted by Crippen LogP contribution is 2.43. The molecule has 4 bridgehead atoms. The van der Waals surface area contributed by atoms with Gasteiger partial charge in [0.25, 0.3) is 6.48 Å². The van der Waals surface area contributed by atoms with Crippen LogP contribution in [-0.4, -0.2) is 96.0 Å². The second-order valence-electron chi connectivity index (χ2n) is 11.3. The van der Waals surface area contributed by atoms with E-state index in [2.05, 4.69) is 0 Å². The van der Waals surface area contributed by atoms with E-state index in [4.69, 9.17) is 47.4 Å². The Balaban J connectivity index is 0.957. The Hall–Kier alpha value is -2.74. The van der Waals surface area contributed by atoms with Gasteiger partial charge in [-0.2, -0.15) is 0 Å². The maximum atomic E-state index is 6.42. The van der Waals surface area contributed by atoms with Gasteiger partial charge in [-0.25, -0.2) is 0 Å². The molecule has 3 aromatic rings. The van der Waals surface area contributed by atoms with Crippen molar-refractivity contribution in [2.75, 3.05) is 52.9 Å². The predicted octanol–water partition coefficient (Wildman–Crippen LogP) is 4.29. The average molecular weight is 637 g/mol. The van der Waals surface area contributed by atoms with Crippen LogP contribution in [0.5, 0.6) is 0 Å². The molecule has 3 heterocycles. The molecule has 0 N–H and O–H groups in total. The van der Waals surface area contributed by atoms with Gasteiger partial charge in [0.15, 0.2) is 0 Å². The van der Waals surface area contributed by atoms with Crippen molar-refractivity contribution in [1.82, 2.24) is 0 Å². The lowest BCUT2D eigenvalue weighted by molar-refractivity contribution is -0.489. The van der Waals surface area contributed by atoms with E-state index in [0.717, 1.165) is 16.7 Å². The van der Waals surface area contributed by atoms with Gasteiger partial charge in [-0.1, -0.05) is 91.0 Å². The van der Waals surface area contributed by atoms with Gasteiger partial charge in [0.05, 0.1) is 72.7 Å². The van der Waals surface area contributed by atoms with Crippen molar-refractivity contribution in [3.8, 4) is 0 Å². The van der Waals surface area contributed by atoms with Gasteiger partial charge in [0, 0.05) is 0 Å². The van der Waals surface area contributed by atoms with Crippen LogP contribution in [0.25, 0.3) is 0 Å². The summed E-state index contributed by atoms with van der Waals surface area (Å²) < 4.78 is 60.3. The smallest absolute Gasteiger partial charge is 0.272 e. The Bertz CT molecular complexity index is 1180. The van der Waals surface area contributed by atoms with Gasteiger partial charge in [-0.05, 0) is 16.7 Å². The maximum Gasteiger partial charge on any atom is 0.272 e. The highest BCUT2D eigenvalue weighted by Gasteiger charge is 2.63. The lowest BCUT2D eigenvalue weighted by Crippen LogP contribution is -2.76. The van der Waals surface area contributed by atoms with Crippen LogP contribution in [0.1, 0.15) is 16.7 Å². The largest absolute Gasteiger partial charge is 0.377 e. The molecule has 1 saturated carbocycles. The Morgan fingerprint density at radius 2 is 0.717 bits per heavy atom. The van der Waals surface area contributed by atoms with Gasteiger partial charge < -0.3 is 47.4 Å². The Labute approximate surface area is 270 Å². The minimum absolute atomic E-state index is 0.363. The first kappa shape index (κ1) is 33.2. The zero-order chi connectivity index (χ0) is 31.2. The molecule has 0 radical (unpaired) electrons. The molecule has 7 atom stereocenters. The molecule has 10 heteroatoms. The summed E-state index contributed by atoms with van der Waals surface area (Å²) in [6.45, 7) is 4.28. The Morgan fingerprint density at radius 3 is 1.15 bits per heavy atom. The fourth-order valence-corrected chi connectivity index (χ4v) is 5.86. The highest BCUT2D eigenvalue weighted by molar-refractivity contribution is 5.15. The van der Waals surface area contributed by atoms with E-state index in [0.29, 0.717) is 72.7 Å². The van der Waals surface area contributed by atoms with Crippen LogP contribution in [0, 0.1) is 0 Å². The summed E-state index contributed by atoms with van der Waals surface area (Å²) >= 11 is 0. The summed E-state index contributed by atoms with van der Waals surface area (Å²) in [6.07, 6.45) is -2.31. The molecular weight excluding hydrogens is 592 g/mol. The third-order valence-corrected chi connectivity index (χ3v) is 8.08. The molecule has 3 aromatic carbocycles. The molecule has 3 unspecified atom stereocenters. The van der Waals surface area contributed by atoms with Crippen LogP contribution in [-0.2, 0) is 67.2 Å². The van der Waals surface area contributed by atoms with Crippen LogP contribution >= 0.6 is 0 Å². The van der Waals surface area contributed by atoms with Crippen molar-refractivity contribution in [3.63, 3.8) is 0 Å². The van der Waals surface area contributed by atoms with Crippen molar-refractivity contribution in [3.05, 3.63) is 108 Å². The molecule has 0 aromatic heterocycles. The summed E-state index contributed by atoms with van der Waals surface area (Å²) in [7, 11) is 0. The van der Waals surface area contributed by atoms with Gasteiger partial charge >= 0.3 is 0 Å². The average Bonchev–Trinajstić information content (AvgIpc) is 3.10. The summed E-state index contributed by atoms with van der Waals surface area (Å²) in [5, 5.41) is 0. The van der Waals surface area contributed by atoms with Gasteiger partial charge in [0.1, 0.15) is 36.6 Å². The van der Waals surface area contributed by atoms with Crippen molar-refractivity contribution in [2.24, 2.45) is 0 Å². The van der Waals surface area contributed by atoms with E-state index in [1.807, 2.05) is 91.0 Å². The molecule has 10 nitrogen and oxygen atoms in total. The van der Waals surface area contributed by atoms with Gasteiger partial charge in [0.2, 0.25) is 0 Å². The van der Waals surface area contributed by atoms with Crippen LogP contribution < -0.4 is 0 Å². The normalized spacial score (nSPS) is 26.5. The number of ether oxygens (including phenoxy) is 10. The van der Waals surface area contributed by atoms with Crippen molar-refractivity contribution < 1.29 is 47.4 Å². The van der Waals surface area contributed by atoms with E-state index in [1.54, 1.807) is 0 Å². The van der Waals surface area contributed by atoms with Gasteiger partial charge in [-0.15, -0.1) is 0 Å². The third kappa shape index (κ3) is 9.42. The van der Waals surface area contributed by atoms with E-state index >= 15 is 0 Å². The second-order valence-corrected chi connectivity index (χ2v) is 11.3. The van der Waals surface area contributed by atoms with Crippen molar-refractivity contribution >= 4 is 0 Å². The molecule has 4 fully saturated rings. The number of benzene rings is 3. The summed E-state index contributed by atoms with van der Waals surface area (Å²) in [6, 6.07) is 30.2. The monoisotopic (exact) mass is 636 g/mol. The molecule has 4 aliphatic rings. The van der Waals surface area contributed by atoms with Crippen LogP contribution in [0.3, 0.4) is 0 Å². The van der Waals surface area contributed by atoms with E-state index in [1.165, 1.54) is 0 Å². The van der Waals surface area contributed by atoms with Crippen molar-refractivity contribution in [1.29, 1.82) is 0 Å². The number of hydrogen-bond donors (Lipinski definition) is 0. The lowest BCUT2D eigenvalue weighted by atomic mass is 9.82. The summed E-state index contributed by atoms with van der Waals surface area (Å²) in [5.41, 5.74) is 3.34. The van der Waals surface area contributed by atoms with Gasteiger partial charge in [-0.3, -0.25) is 0 Å². The highest BCUT2D eigenvalue weighted by atomic mass is 16.9. The second kappa shape index (κ2) is 18.0. The molecule has 3 saturated heterocycles. The fourth-order valence-electron chi connectivity index (χ4n) is 5.86. The van der Waals surface area contributed by atoms with Crippen LogP contribution in [0.4, 0.5) is 0 Å². The predicted molar refractivity (Wildman–Crippen MR) is 167 cm³/mol. The molecule has 0 spiro atoms. The maximum absolute atomic E-state index is 6.42. The summed E-state index contributed by atoms with van der Waals surface area (Å²) in [4.78, 5) is 0. The zero-order valence-corrected chi connectivity index (χ0v) is 26.1. The lowest BCUT2D eigenvalue weighted by Gasteiger charge is -2.58. The Morgan fingerprint density at radius 1 is 0.370 bits per heavy atom. The molecule has 3 aliphatic heterocycles. The molecule has 248 valence electrons. The van der Waals surface area contributed by atoms with Crippen LogP contribution in [0.15, 0.2) is 91.0 Å². The first-order valence-corrected chi connectivity index (χ1v) is 16.1. The third-order valence-electron chi connectivity index (χ3n) is 8.08. The number of hydrogen-bond acceptors (Lipinski definition) is 10. The van der Waals surface area contributed by atoms with Crippen molar-refractivity contribution in [2.45, 2.75) is 62.9 Å². The SMILES string of the molecule is c1ccc(COCCOCCO[C@H]2C3OC4O[C@@H]2C(OCc2ccccc2)[C@H](O4)[C@H]3OCCOCCOCc2ccccc2)cc1. The fraction of sp³-hybridized carbons (Fsp3) is 0.500. The quantitative estimate of drug-likeness (QED) is 0.158. The molecule has 0 amide bonds. The summed E-state index contributed by atoms with van der Waals surface area (Å²) in [5.74, 6) is 0. The van der Waals surface area contributed by atoms with Crippen LogP contribution in [0.2, 0.25) is 0 Å². The minimum atomic E-state index is -0.771. The molecular formula is C36H44O10. The molecule has 46 heavy (non-hydrogen) atoms. The van der Waals surface area contributed by atoms with E-state index in [9.17, 15) is 0 Å². The molecule has 7 rings (SSSR count).